The Morgan fingerprint density at radius 2 is 2.05 bits per heavy atom. The van der Waals surface area contributed by atoms with Crippen LogP contribution in [0, 0.1) is 0 Å². The maximum absolute atomic E-state index is 11.7. The minimum atomic E-state index is -3.34. The standard InChI is InChI=1S/C14H13N3O4S/c1-21-11-7-8(22(2,19)20)3-4-9(11)13-16-10-5-6-15-14(18)12(10)17-13/h3-5,7H,6H2,1-2H3,(H,15,18). The van der Waals surface area contributed by atoms with Crippen LogP contribution < -0.4 is 10.1 Å². The number of ether oxygens (including phenoxy) is 1. The molecule has 2 aliphatic heterocycles. The molecule has 0 atom stereocenters. The molecule has 0 spiro atoms. The van der Waals surface area contributed by atoms with E-state index >= 15 is 0 Å². The zero-order valence-electron chi connectivity index (χ0n) is 12.0. The number of sulfone groups is 1. The summed E-state index contributed by atoms with van der Waals surface area (Å²) in [7, 11) is -1.90. The summed E-state index contributed by atoms with van der Waals surface area (Å²) in [6.45, 7) is 0.411. The van der Waals surface area contributed by atoms with Crippen LogP contribution in [0.2, 0.25) is 0 Å². The molecular formula is C14H13N3O4S. The molecule has 114 valence electrons. The number of nitrogens with one attached hydrogen (secondary N) is 1. The predicted molar refractivity (Wildman–Crippen MR) is 81.2 cm³/mol. The van der Waals surface area contributed by atoms with Gasteiger partial charge in [0.1, 0.15) is 5.75 Å². The predicted octanol–water partition coefficient (Wildman–Crippen LogP) is 0.314. The lowest BCUT2D eigenvalue weighted by molar-refractivity contribution is -0.114. The number of fused-ring (bicyclic) bond motifs is 1. The Morgan fingerprint density at radius 3 is 2.68 bits per heavy atom. The van der Waals surface area contributed by atoms with E-state index in [1.807, 2.05) is 0 Å². The van der Waals surface area contributed by atoms with Gasteiger partial charge in [-0.25, -0.2) is 18.4 Å². The third-order valence-corrected chi connectivity index (χ3v) is 4.41. The van der Waals surface area contributed by atoms with Crippen molar-refractivity contribution in [2.24, 2.45) is 9.98 Å². The van der Waals surface area contributed by atoms with Crippen LogP contribution in [-0.4, -0.2) is 45.8 Å². The van der Waals surface area contributed by atoms with Gasteiger partial charge in [0.15, 0.2) is 21.4 Å². The van der Waals surface area contributed by atoms with E-state index in [2.05, 4.69) is 15.3 Å². The summed E-state index contributed by atoms with van der Waals surface area (Å²) in [5.41, 5.74) is 1.31. The van der Waals surface area contributed by atoms with Gasteiger partial charge in [-0.05, 0) is 24.3 Å². The lowest BCUT2D eigenvalue weighted by Gasteiger charge is -2.08. The number of rotatable bonds is 3. The highest BCUT2D eigenvalue weighted by atomic mass is 32.2. The molecule has 1 aromatic carbocycles. The first-order chi connectivity index (χ1) is 10.4. The molecule has 0 saturated heterocycles. The van der Waals surface area contributed by atoms with E-state index in [0.29, 0.717) is 29.4 Å². The van der Waals surface area contributed by atoms with Crippen molar-refractivity contribution in [3.05, 3.63) is 35.5 Å². The summed E-state index contributed by atoms with van der Waals surface area (Å²) < 4.78 is 28.5. The Hall–Kier alpha value is -2.48. The molecule has 7 nitrogen and oxygen atoms in total. The van der Waals surface area contributed by atoms with Gasteiger partial charge < -0.3 is 10.1 Å². The van der Waals surface area contributed by atoms with E-state index in [1.165, 1.54) is 19.2 Å². The van der Waals surface area contributed by atoms with E-state index in [0.717, 1.165) is 6.26 Å². The maximum Gasteiger partial charge on any atom is 0.272 e. The Labute approximate surface area is 127 Å². The average molecular weight is 319 g/mol. The number of carbonyl (C=O) groups excluding carboxylic acids is 1. The molecule has 1 aromatic rings. The number of hydrogen-bond acceptors (Lipinski definition) is 6. The van der Waals surface area contributed by atoms with Crippen LogP contribution in [-0.2, 0) is 14.6 Å². The molecular weight excluding hydrogens is 306 g/mol. The quantitative estimate of drug-likeness (QED) is 0.867. The van der Waals surface area contributed by atoms with Gasteiger partial charge in [0.05, 0.1) is 23.3 Å². The van der Waals surface area contributed by atoms with Crippen molar-refractivity contribution in [3.63, 3.8) is 0 Å². The van der Waals surface area contributed by atoms with Gasteiger partial charge in [0, 0.05) is 12.8 Å². The van der Waals surface area contributed by atoms with E-state index in [-0.39, 0.29) is 16.5 Å². The molecule has 1 amide bonds. The zero-order chi connectivity index (χ0) is 15.9. The van der Waals surface area contributed by atoms with Crippen LogP contribution in [0.5, 0.6) is 5.75 Å². The monoisotopic (exact) mass is 319 g/mol. The fraction of sp³-hybridized carbons (Fsp3) is 0.214. The molecule has 0 fully saturated rings. The van der Waals surface area contributed by atoms with Crippen molar-refractivity contribution in [2.45, 2.75) is 4.90 Å². The van der Waals surface area contributed by atoms with Gasteiger partial charge in [-0.2, -0.15) is 0 Å². The molecule has 1 N–H and O–H groups in total. The molecule has 2 heterocycles. The largest absolute Gasteiger partial charge is 0.496 e. The van der Waals surface area contributed by atoms with Crippen LogP contribution in [0.25, 0.3) is 0 Å². The summed E-state index contributed by atoms with van der Waals surface area (Å²) in [6.07, 6.45) is 2.89. The summed E-state index contributed by atoms with van der Waals surface area (Å²) in [5, 5.41) is 2.65. The van der Waals surface area contributed by atoms with Gasteiger partial charge in [-0.15, -0.1) is 0 Å². The van der Waals surface area contributed by atoms with Gasteiger partial charge in [0.2, 0.25) is 0 Å². The van der Waals surface area contributed by atoms with E-state index < -0.39 is 9.84 Å². The summed E-state index contributed by atoms with van der Waals surface area (Å²) in [4.78, 5) is 20.4. The second-order valence-electron chi connectivity index (χ2n) is 4.83. The van der Waals surface area contributed by atoms with Gasteiger partial charge in [-0.1, -0.05) is 0 Å². The molecule has 22 heavy (non-hydrogen) atoms. The number of nitrogens with zero attached hydrogens (tertiary/aromatic N) is 2. The van der Waals surface area contributed by atoms with Crippen LogP contribution in [0.4, 0.5) is 0 Å². The maximum atomic E-state index is 11.7. The van der Waals surface area contributed by atoms with Crippen molar-refractivity contribution in [1.29, 1.82) is 0 Å². The highest BCUT2D eigenvalue weighted by Crippen LogP contribution is 2.27. The van der Waals surface area contributed by atoms with Crippen molar-refractivity contribution >= 4 is 27.3 Å². The number of amidine groups is 1. The molecule has 0 bridgehead atoms. The van der Waals surface area contributed by atoms with Crippen LogP contribution in [0.15, 0.2) is 44.9 Å². The first-order valence-corrected chi connectivity index (χ1v) is 8.34. The summed E-state index contributed by atoms with van der Waals surface area (Å²) >= 11 is 0. The van der Waals surface area contributed by atoms with Crippen LogP contribution >= 0.6 is 0 Å². The van der Waals surface area contributed by atoms with Gasteiger partial charge >= 0.3 is 0 Å². The molecule has 0 unspecified atom stereocenters. The number of amides is 1. The number of carbonyl (C=O) groups is 1. The normalized spacial score (nSPS) is 17.2. The Balaban J connectivity index is 2.09. The van der Waals surface area contributed by atoms with Crippen molar-refractivity contribution in [1.82, 2.24) is 5.32 Å². The molecule has 0 aromatic heterocycles. The van der Waals surface area contributed by atoms with Crippen LogP contribution in [0.3, 0.4) is 0 Å². The van der Waals surface area contributed by atoms with Gasteiger partial charge in [0.25, 0.3) is 5.91 Å². The second-order valence-corrected chi connectivity index (χ2v) is 6.85. The second kappa shape index (κ2) is 5.06. The average Bonchev–Trinajstić information content (AvgIpc) is 2.91. The molecule has 0 saturated carbocycles. The highest BCUT2D eigenvalue weighted by molar-refractivity contribution is 7.90. The number of hydrogen-bond donors (Lipinski definition) is 1. The molecule has 8 heteroatoms. The Bertz CT molecular complexity index is 866. The zero-order valence-corrected chi connectivity index (χ0v) is 12.8. The Morgan fingerprint density at radius 1 is 1.27 bits per heavy atom. The highest BCUT2D eigenvalue weighted by Gasteiger charge is 2.27. The molecule has 0 aliphatic carbocycles. The Kier molecular flexibility index (Phi) is 3.32. The first kappa shape index (κ1) is 14.5. The fourth-order valence-electron chi connectivity index (χ4n) is 2.20. The summed E-state index contributed by atoms with van der Waals surface area (Å²) in [5.74, 6) is 0.392. The minimum absolute atomic E-state index is 0.147. The molecule has 3 rings (SSSR count). The fourth-order valence-corrected chi connectivity index (χ4v) is 2.83. The van der Waals surface area contributed by atoms with E-state index in [9.17, 15) is 13.2 Å². The molecule has 0 radical (unpaired) electrons. The first-order valence-electron chi connectivity index (χ1n) is 6.45. The smallest absolute Gasteiger partial charge is 0.272 e. The van der Waals surface area contributed by atoms with Gasteiger partial charge in [-0.3, -0.25) is 4.79 Å². The van der Waals surface area contributed by atoms with Crippen molar-refractivity contribution in [3.8, 4) is 5.75 Å². The van der Waals surface area contributed by atoms with E-state index in [1.54, 1.807) is 12.1 Å². The lowest BCUT2D eigenvalue weighted by Crippen LogP contribution is -2.35. The summed E-state index contributed by atoms with van der Waals surface area (Å²) in [6, 6.07) is 4.46. The third kappa shape index (κ3) is 2.41. The third-order valence-electron chi connectivity index (χ3n) is 3.30. The number of benzene rings is 1. The van der Waals surface area contributed by atoms with Crippen LogP contribution in [0.1, 0.15) is 5.56 Å². The molecule has 2 aliphatic rings. The van der Waals surface area contributed by atoms with Crippen molar-refractivity contribution in [2.75, 3.05) is 19.9 Å². The minimum Gasteiger partial charge on any atom is -0.496 e. The number of methoxy groups -OCH3 is 1. The number of aliphatic imine (C=N–C) groups is 2. The topological polar surface area (TPSA) is 97.2 Å². The SMILES string of the molecule is COc1cc(S(C)(=O)=O)ccc1C1=NC2=CCNC(=O)C2=N1. The van der Waals surface area contributed by atoms with E-state index in [4.69, 9.17) is 4.74 Å². The lowest BCUT2D eigenvalue weighted by atomic mass is 10.2. The van der Waals surface area contributed by atoms with Crippen molar-refractivity contribution < 1.29 is 17.9 Å².